The third-order valence-electron chi connectivity index (χ3n) is 4.04. The highest BCUT2D eigenvalue weighted by Gasteiger charge is 2.31. The third-order valence-corrected chi connectivity index (χ3v) is 5.44. The van der Waals surface area contributed by atoms with Gasteiger partial charge in [-0.3, -0.25) is 9.71 Å². The highest BCUT2D eigenvalue weighted by molar-refractivity contribution is 7.90. The summed E-state index contributed by atoms with van der Waals surface area (Å²) in [6.45, 7) is -0.00294. The minimum Gasteiger partial charge on any atom is -0.300 e. The number of benzene rings is 2. The Morgan fingerprint density at radius 2 is 1.72 bits per heavy atom. The van der Waals surface area contributed by atoms with E-state index in [9.17, 15) is 17.2 Å². The van der Waals surface area contributed by atoms with Gasteiger partial charge in [0.2, 0.25) is 0 Å². The standard InChI is InChI=1S/C17H17F2N3O2S/c1-22(2)14(16-12(18)7-5-8-13(16)19)10-20-17-11-6-3-4-9-15(11)25(23,24)21-17/h3-9,14H,10H2,1-2H3,(H,20,21). The average Bonchev–Trinajstić information content (AvgIpc) is 2.81. The van der Waals surface area contributed by atoms with E-state index in [4.69, 9.17) is 0 Å². The molecule has 0 bridgehead atoms. The number of hydrogen-bond acceptors (Lipinski definition) is 4. The molecule has 25 heavy (non-hydrogen) atoms. The molecule has 0 amide bonds. The van der Waals surface area contributed by atoms with Gasteiger partial charge in [-0.25, -0.2) is 17.2 Å². The van der Waals surface area contributed by atoms with Crippen molar-refractivity contribution in [2.45, 2.75) is 10.9 Å². The zero-order valence-corrected chi connectivity index (χ0v) is 14.5. The fourth-order valence-corrected chi connectivity index (χ4v) is 4.02. The maximum absolute atomic E-state index is 14.1. The van der Waals surface area contributed by atoms with Crippen molar-refractivity contribution >= 4 is 15.9 Å². The second kappa shape index (κ2) is 6.53. The Labute approximate surface area is 145 Å². The molecule has 0 fully saturated rings. The van der Waals surface area contributed by atoms with E-state index in [1.54, 1.807) is 37.2 Å². The molecule has 0 spiro atoms. The summed E-state index contributed by atoms with van der Waals surface area (Å²) in [6, 6.07) is 9.46. The molecule has 1 aliphatic rings. The molecule has 0 saturated carbocycles. The summed E-state index contributed by atoms with van der Waals surface area (Å²) in [4.78, 5) is 6.08. The number of halogens is 2. The molecule has 3 rings (SSSR count). The maximum Gasteiger partial charge on any atom is 0.263 e. The van der Waals surface area contributed by atoms with Gasteiger partial charge >= 0.3 is 0 Å². The number of sulfonamides is 1. The summed E-state index contributed by atoms with van der Waals surface area (Å²) in [5.41, 5.74) is 0.361. The molecule has 0 aromatic heterocycles. The van der Waals surface area contributed by atoms with Crippen molar-refractivity contribution in [2.75, 3.05) is 20.6 Å². The Bertz CT molecular complexity index is 922. The van der Waals surface area contributed by atoms with Crippen LogP contribution in [0.3, 0.4) is 0 Å². The summed E-state index contributed by atoms with van der Waals surface area (Å²) >= 11 is 0. The normalized spacial score (nSPS) is 18.2. The molecule has 2 aromatic rings. The molecule has 5 nitrogen and oxygen atoms in total. The number of nitrogens with zero attached hydrogens (tertiary/aromatic N) is 2. The largest absolute Gasteiger partial charge is 0.300 e. The van der Waals surface area contributed by atoms with Crippen LogP contribution in [-0.2, 0) is 10.0 Å². The summed E-state index contributed by atoms with van der Waals surface area (Å²) in [5, 5.41) is 0. The zero-order valence-electron chi connectivity index (χ0n) is 13.7. The molecule has 1 atom stereocenters. The number of hydrogen-bond donors (Lipinski definition) is 1. The Morgan fingerprint density at radius 3 is 2.36 bits per heavy atom. The number of nitrogens with one attached hydrogen (secondary N) is 1. The lowest BCUT2D eigenvalue weighted by atomic mass is 10.0. The number of rotatable bonds is 4. The predicted octanol–water partition coefficient (Wildman–Crippen LogP) is 2.31. The van der Waals surface area contributed by atoms with Gasteiger partial charge in [-0.1, -0.05) is 18.2 Å². The van der Waals surface area contributed by atoms with E-state index in [0.29, 0.717) is 5.56 Å². The second-order valence-corrected chi connectivity index (χ2v) is 7.56. The average molecular weight is 365 g/mol. The predicted molar refractivity (Wildman–Crippen MR) is 91.0 cm³/mol. The van der Waals surface area contributed by atoms with E-state index < -0.39 is 27.7 Å². The summed E-state index contributed by atoms with van der Waals surface area (Å²) in [5.74, 6) is -1.14. The lowest BCUT2D eigenvalue weighted by molar-refractivity contribution is 0.290. The lowest BCUT2D eigenvalue weighted by Crippen LogP contribution is -2.27. The van der Waals surface area contributed by atoms with Gasteiger partial charge in [0.25, 0.3) is 10.0 Å². The van der Waals surface area contributed by atoms with Crippen LogP contribution in [-0.4, -0.2) is 39.8 Å². The van der Waals surface area contributed by atoms with Crippen molar-refractivity contribution in [1.29, 1.82) is 0 Å². The molecule has 0 saturated heterocycles. The van der Waals surface area contributed by atoms with Gasteiger partial charge < -0.3 is 4.90 Å². The number of likely N-dealkylation sites (N-methyl/N-ethyl adjacent to an activating group) is 1. The van der Waals surface area contributed by atoms with Crippen LogP contribution in [0.2, 0.25) is 0 Å². The molecule has 2 aromatic carbocycles. The van der Waals surface area contributed by atoms with Crippen LogP contribution in [0.4, 0.5) is 8.78 Å². The van der Waals surface area contributed by atoms with E-state index in [0.717, 1.165) is 0 Å². The molecular weight excluding hydrogens is 348 g/mol. The van der Waals surface area contributed by atoms with Crippen LogP contribution in [0, 0.1) is 11.6 Å². The number of fused-ring (bicyclic) bond motifs is 1. The van der Waals surface area contributed by atoms with Gasteiger partial charge in [0.05, 0.1) is 17.5 Å². The molecule has 1 aliphatic heterocycles. The monoisotopic (exact) mass is 365 g/mol. The first-order valence-corrected chi connectivity index (χ1v) is 9.06. The Balaban J connectivity index is 1.97. The summed E-state index contributed by atoms with van der Waals surface area (Å²) in [7, 11) is -0.278. The van der Waals surface area contributed by atoms with E-state index in [-0.39, 0.29) is 22.8 Å². The second-order valence-electron chi connectivity index (χ2n) is 5.91. The topological polar surface area (TPSA) is 61.8 Å². The third kappa shape index (κ3) is 3.27. The zero-order chi connectivity index (χ0) is 18.2. The van der Waals surface area contributed by atoms with Crippen LogP contribution < -0.4 is 4.72 Å². The molecule has 0 radical (unpaired) electrons. The van der Waals surface area contributed by atoms with Crippen LogP contribution in [0.15, 0.2) is 52.4 Å². The van der Waals surface area contributed by atoms with Crippen LogP contribution >= 0.6 is 0 Å². The van der Waals surface area contributed by atoms with E-state index >= 15 is 0 Å². The summed E-state index contributed by atoms with van der Waals surface area (Å²) < 4.78 is 54.8. The van der Waals surface area contributed by atoms with Crippen molar-refractivity contribution in [2.24, 2.45) is 4.99 Å². The molecule has 132 valence electrons. The first kappa shape index (κ1) is 17.5. The molecule has 0 aliphatic carbocycles. The lowest BCUT2D eigenvalue weighted by Gasteiger charge is -2.24. The SMILES string of the molecule is CN(C)C(CN=C1NS(=O)(=O)c2ccccc21)c1c(F)cccc1F. The van der Waals surface area contributed by atoms with Gasteiger partial charge in [-0.15, -0.1) is 0 Å². The van der Waals surface area contributed by atoms with Crippen molar-refractivity contribution in [1.82, 2.24) is 9.62 Å². The van der Waals surface area contributed by atoms with Crippen LogP contribution in [0.25, 0.3) is 0 Å². The first-order valence-electron chi connectivity index (χ1n) is 7.58. The number of aliphatic imine (C=N–C) groups is 1. The van der Waals surface area contributed by atoms with E-state index in [2.05, 4.69) is 9.71 Å². The van der Waals surface area contributed by atoms with Crippen LogP contribution in [0.5, 0.6) is 0 Å². The van der Waals surface area contributed by atoms with E-state index in [1.165, 1.54) is 24.3 Å². The maximum atomic E-state index is 14.1. The minimum absolute atomic E-state index is 0.00294. The highest BCUT2D eigenvalue weighted by Crippen LogP contribution is 2.26. The molecule has 8 heteroatoms. The minimum atomic E-state index is -3.65. The number of amidine groups is 1. The molecule has 1 N–H and O–H groups in total. The molecule has 1 heterocycles. The molecular formula is C17H17F2N3O2S. The Hall–Kier alpha value is -2.32. The quantitative estimate of drug-likeness (QED) is 0.904. The first-order chi connectivity index (χ1) is 11.8. The van der Waals surface area contributed by atoms with Crippen LogP contribution in [0.1, 0.15) is 17.2 Å². The van der Waals surface area contributed by atoms with Gasteiger partial charge in [0.15, 0.2) is 0 Å². The van der Waals surface area contributed by atoms with Gasteiger partial charge in [-0.2, -0.15) is 0 Å². The Morgan fingerprint density at radius 1 is 1.08 bits per heavy atom. The van der Waals surface area contributed by atoms with Crippen molar-refractivity contribution in [3.05, 3.63) is 65.2 Å². The highest BCUT2D eigenvalue weighted by atomic mass is 32.2. The van der Waals surface area contributed by atoms with Crippen molar-refractivity contribution in [3.8, 4) is 0 Å². The van der Waals surface area contributed by atoms with Gasteiger partial charge in [0, 0.05) is 11.1 Å². The molecule has 1 unspecified atom stereocenters. The van der Waals surface area contributed by atoms with Crippen molar-refractivity contribution < 1.29 is 17.2 Å². The van der Waals surface area contributed by atoms with Crippen molar-refractivity contribution in [3.63, 3.8) is 0 Å². The fraction of sp³-hybridized carbons (Fsp3) is 0.235. The summed E-state index contributed by atoms with van der Waals surface area (Å²) in [6.07, 6.45) is 0. The van der Waals surface area contributed by atoms with Gasteiger partial charge in [0.1, 0.15) is 17.5 Å². The Kier molecular flexibility index (Phi) is 4.57. The van der Waals surface area contributed by atoms with E-state index in [1.807, 2.05) is 0 Å². The smallest absolute Gasteiger partial charge is 0.263 e. The van der Waals surface area contributed by atoms with Gasteiger partial charge in [-0.05, 0) is 38.4 Å². The fourth-order valence-electron chi connectivity index (χ4n) is 2.77.